The van der Waals surface area contributed by atoms with Gasteiger partial charge in [-0.2, -0.15) is 4.31 Å². The normalized spacial score (nSPS) is 17.6. The van der Waals surface area contributed by atoms with E-state index in [4.69, 9.17) is 14.9 Å². The van der Waals surface area contributed by atoms with Crippen LogP contribution in [0.5, 0.6) is 0 Å². The Hall–Kier alpha value is -5.90. The zero-order chi connectivity index (χ0) is 39.0. The summed E-state index contributed by atoms with van der Waals surface area (Å²) in [5.41, 5.74) is 3.03. The number of carbonyl (C=O) groups is 4. The second-order valence-electron chi connectivity index (χ2n) is 13.3. The van der Waals surface area contributed by atoms with Crippen LogP contribution in [-0.2, 0) is 37.5 Å². The first-order valence-electron chi connectivity index (χ1n) is 17.7. The maximum absolute atomic E-state index is 14.0. The summed E-state index contributed by atoms with van der Waals surface area (Å²) in [6.45, 7) is 1.92. The Kier molecular flexibility index (Phi) is 12.3. The van der Waals surface area contributed by atoms with Crippen molar-refractivity contribution < 1.29 is 37.1 Å². The van der Waals surface area contributed by atoms with Gasteiger partial charge < -0.3 is 19.7 Å². The topological polar surface area (TPSA) is 179 Å². The number of hydrogen-bond donors (Lipinski definition) is 3. The minimum Gasteiger partial charge on any atom is -0.457 e. The number of esters is 1. The van der Waals surface area contributed by atoms with E-state index in [1.165, 1.54) is 39.7 Å². The van der Waals surface area contributed by atoms with Gasteiger partial charge in [0.15, 0.2) is 0 Å². The van der Waals surface area contributed by atoms with E-state index in [2.05, 4.69) is 15.5 Å². The molecule has 3 N–H and O–H groups in total. The third-order valence-electron chi connectivity index (χ3n) is 9.56. The molecule has 2 fully saturated rings. The van der Waals surface area contributed by atoms with Gasteiger partial charge in [0.05, 0.1) is 11.8 Å². The van der Waals surface area contributed by atoms with E-state index in [-0.39, 0.29) is 37.2 Å². The van der Waals surface area contributed by atoms with Crippen LogP contribution >= 0.6 is 0 Å². The highest BCUT2D eigenvalue weighted by Gasteiger charge is 2.43. The molecule has 0 spiro atoms. The molecular weight excluding hydrogens is 725 g/mol. The number of rotatable bonds is 11. The average Bonchev–Trinajstić information content (AvgIpc) is 3.66. The number of ether oxygens (including phenoxy) is 2. The number of piperazine rings is 1. The summed E-state index contributed by atoms with van der Waals surface area (Å²) in [4.78, 5) is 56.4. The van der Waals surface area contributed by atoms with E-state index >= 15 is 0 Å². The largest absolute Gasteiger partial charge is 0.457 e. The predicted molar refractivity (Wildman–Crippen MR) is 205 cm³/mol. The number of anilines is 1. The predicted octanol–water partition coefficient (Wildman–Crippen LogP) is 4.09. The highest BCUT2D eigenvalue weighted by atomic mass is 32.2. The first-order chi connectivity index (χ1) is 26.4. The number of hydrogen-bond acceptors (Lipinski definition) is 10. The van der Waals surface area contributed by atoms with Crippen molar-refractivity contribution in [2.24, 2.45) is 0 Å². The molecule has 2 saturated heterocycles. The van der Waals surface area contributed by atoms with Crippen molar-refractivity contribution in [1.29, 1.82) is 5.41 Å². The van der Waals surface area contributed by atoms with Gasteiger partial charge in [0.2, 0.25) is 15.9 Å². The summed E-state index contributed by atoms with van der Waals surface area (Å²) < 4.78 is 36.3. The van der Waals surface area contributed by atoms with Crippen molar-refractivity contribution in [3.63, 3.8) is 0 Å². The van der Waals surface area contributed by atoms with Gasteiger partial charge in [-0.15, -0.1) is 0 Å². The number of carbonyl (C=O) groups excluding carboxylic acids is 4. The fourth-order valence-electron chi connectivity index (χ4n) is 6.55. The molecule has 286 valence electrons. The molecule has 2 heterocycles. The molecule has 3 amide bonds. The second-order valence-corrected chi connectivity index (χ2v) is 15.3. The van der Waals surface area contributed by atoms with Crippen LogP contribution in [0.2, 0.25) is 0 Å². The van der Waals surface area contributed by atoms with Gasteiger partial charge in [0, 0.05) is 55.6 Å². The summed E-state index contributed by atoms with van der Waals surface area (Å²) in [5, 5.41) is 13.6. The molecule has 2 unspecified atom stereocenters. The summed E-state index contributed by atoms with van der Waals surface area (Å²) in [6, 6.07) is 29.8. The number of nitrogens with zero attached hydrogens (tertiary/aromatic N) is 3. The van der Waals surface area contributed by atoms with Crippen molar-refractivity contribution in [2.75, 3.05) is 44.3 Å². The van der Waals surface area contributed by atoms with Gasteiger partial charge in [-0.3, -0.25) is 25.2 Å². The van der Waals surface area contributed by atoms with Crippen molar-refractivity contribution in [2.45, 2.75) is 31.7 Å². The van der Waals surface area contributed by atoms with Gasteiger partial charge >= 0.3 is 12.1 Å². The lowest BCUT2D eigenvalue weighted by molar-refractivity contribution is -0.119. The Morgan fingerprint density at radius 2 is 1.27 bits per heavy atom. The number of nitrogens with one attached hydrogen (secondary N) is 3. The third-order valence-corrected chi connectivity index (χ3v) is 10.9. The van der Waals surface area contributed by atoms with Gasteiger partial charge in [0.25, 0.3) is 5.91 Å². The molecule has 0 saturated carbocycles. The Bertz CT molecular complexity index is 2110. The number of amides is 3. The van der Waals surface area contributed by atoms with E-state index in [1.807, 2.05) is 60.7 Å². The fraction of sp³-hybridized carbons (Fsp3) is 0.275. The van der Waals surface area contributed by atoms with E-state index in [0.29, 0.717) is 49.4 Å². The zero-order valence-corrected chi connectivity index (χ0v) is 31.0. The van der Waals surface area contributed by atoms with Crippen molar-refractivity contribution in [3.8, 4) is 0 Å². The first kappa shape index (κ1) is 38.8. The van der Waals surface area contributed by atoms with Crippen LogP contribution < -0.4 is 10.6 Å². The van der Waals surface area contributed by atoms with Gasteiger partial charge in [-0.05, 0) is 53.9 Å². The molecule has 2 atom stereocenters. The van der Waals surface area contributed by atoms with Crippen LogP contribution in [0.4, 0.5) is 10.5 Å². The highest BCUT2D eigenvalue weighted by molar-refractivity contribution is 7.88. The first-order valence-corrected chi connectivity index (χ1v) is 19.6. The molecule has 0 radical (unpaired) electrons. The maximum atomic E-state index is 14.0. The Morgan fingerprint density at radius 1 is 0.727 bits per heavy atom. The number of amidine groups is 1. The summed E-state index contributed by atoms with van der Waals surface area (Å²) in [7, 11) is -3.34. The van der Waals surface area contributed by atoms with Crippen LogP contribution in [-0.4, -0.2) is 103 Å². The van der Waals surface area contributed by atoms with Crippen LogP contribution in [0.15, 0.2) is 109 Å². The van der Waals surface area contributed by atoms with Crippen molar-refractivity contribution in [1.82, 2.24) is 19.4 Å². The molecule has 0 aliphatic carbocycles. The number of sulfonamides is 1. The van der Waals surface area contributed by atoms with Gasteiger partial charge in [0.1, 0.15) is 25.1 Å². The van der Waals surface area contributed by atoms with Crippen LogP contribution in [0.1, 0.15) is 43.8 Å². The average molecular weight is 767 g/mol. The van der Waals surface area contributed by atoms with E-state index in [1.54, 1.807) is 24.3 Å². The van der Waals surface area contributed by atoms with Crippen LogP contribution in [0, 0.1) is 5.41 Å². The Balaban J connectivity index is 1.11. The minimum atomic E-state index is -3.34. The summed E-state index contributed by atoms with van der Waals surface area (Å²) >= 11 is 0. The number of likely N-dealkylation sites (tertiary alicyclic amines) is 1. The molecule has 0 aromatic heterocycles. The van der Waals surface area contributed by atoms with Gasteiger partial charge in [-0.1, -0.05) is 72.8 Å². The molecule has 0 bridgehead atoms. The van der Waals surface area contributed by atoms with Crippen molar-refractivity contribution >= 4 is 45.4 Å². The third kappa shape index (κ3) is 10.2. The molecular formula is C40H42N6O8S. The summed E-state index contributed by atoms with van der Waals surface area (Å²) in [6.07, 6.45) is 0.707. The molecule has 4 aromatic rings. The Labute approximate surface area is 319 Å². The lowest BCUT2D eigenvalue weighted by Crippen LogP contribution is -2.52. The maximum Gasteiger partial charge on any atom is 0.413 e. The minimum absolute atomic E-state index is 0.0431. The Morgan fingerprint density at radius 3 is 1.85 bits per heavy atom. The standard InChI is InChI=1S/C40H42N6O8S/c1-55(51,52)45-22-20-44(21-23-45)34-24-35(37(47)42-33-18-16-32(17-19-33)39(49)53-26-28-8-4-2-5-9-28)46(25-34)38(48)31-14-12-30(13-15-31)36(41)43-40(50)54-27-29-10-6-3-7-11-29/h2-19,34-35H,20-27H2,1H3,(H,42,47)(H2,41,43,50). The van der Waals surface area contributed by atoms with Crippen molar-refractivity contribution in [3.05, 3.63) is 137 Å². The smallest absolute Gasteiger partial charge is 0.413 e. The SMILES string of the molecule is CS(=O)(=O)N1CCN(C2CC(C(=O)Nc3ccc(C(=O)OCc4ccccc4)cc3)N(C(=O)c3ccc(C(=N)NC(=O)OCc4ccccc4)cc3)C2)CC1. The van der Waals surface area contributed by atoms with Crippen LogP contribution in [0.3, 0.4) is 0 Å². The van der Waals surface area contributed by atoms with E-state index in [0.717, 1.165) is 11.1 Å². The fourth-order valence-corrected chi connectivity index (χ4v) is 7.38. The monoisotopic (exact) mass is 766 g/mol. The molecule has 15 heteroatoms. The molecule has 14 nitrogen and oxygen atoms in total. The lowest BCUT2D eigenvalue weighted by atomic mass is 10.1. The molecule has 4 aromatic carbocycles. The lowest BCUT2D eigenvalue weighted by Gasteiger charge is -2.36. The second kappa shape index (κ2) is 17.5. The number of benzene rings is 4. The van der Waals surface area contributed by atoms with E-state index < -0.39 is 39.9 Å². The van der Waals surface area contributed by atoms with Crippen LogP contribution in [0.25, 0.3) is 0 Å². The molecule has 55 heavy (non-hydrogen) atoms. The van der Waals surface area contributed by atoms with Gasteiger partial charge in [-0.25, -0.2) is 18.0 Å². The molecule has 6 rings (SSSR count). The molecule has 2 aliphatic heterocycles. The number of alkyl carbamates (subject to hydrolysis) is 1. The quantitative estimate of drug-likeness (QED) is 0.115. The summed E-state index contributed by atoms with van der Waals surface area (Å²) in [5.74, 6) is -1.53. The zero-order valence-electron chi connectivity index (χ0n) is 30.2. The van der Waals surface area contributed by atoms with E-state index in [9.17, 15) is 27.6 Å². The molecule has 2 aliphatic rings. The highest BCUT2D eigenvalue weighted by Crippen LogP contribution is 2.27.